The third-order valence-electron chi connectivity index (χ3n) is 5.78. The maximum absolute atomic E-state index is 6.20. The van der Waals surface area contributed by atoms with Crippen LogP contribution in [-0.2, 0) is 5.41 Å². The molecule has 3 nitrogen and oxygen atoms in total. The van der Waals surface area contributed by atoms with Gasteiger partial charge >= 0.3 is 0 Å². The highest BCUT2D eigenvalue weighted by molar-refractivity contribution is 7.17. The van der Waals surface area contributed by atoms with Crippen LogP contribution < -0.4 is 0 Å². The van der Waals surface area contributed by atoms with Gasteiger partial charge in [0, 0.05) is 33.3 Å². The molecule has 0 saturated carbocycles. The standard InChI is InChI=1S/C26H21NO2S/c1-14-9-16-11-18-22(13-21(16)28-14)29-20-5-7-27-24(23(18)20)17-10-15-6-8-30-25(15)19(12-17)26(2,3)4/h5-13H,1-4H3. The molecule has 0 spiro atoms. The van der Waals surface area contributed by atoms with Crippen LogP contribution >= 0.6 is 11.3 Å². The van der Waals surface area contributed by atoms with Gasteiger partial charge in [0.25, 0.3) is 0 Å². The summed E-state index contributed by atoms with van der Waals surface area (Å²) in [4.78, 5) is 4.82. The molecule has 0 aliphatic rings. The summed E-state index contributed by atoms with van der Waals surface area (Å²) in [5.41, 5.74) is 6.02. The highest BCUT2D eigenvalue weighted by atomic mass is 32.1. The molecule has 30 heavy (non-hydrogen) atoms. The SMILES string of the molecule is Cc1cc2cc3c(cc2o1)oc1ccnc(-c2cc(C(C)(C)C)c4sccc4c2)c13. The molecule has 0 amide bonds. The summed E-state index contributed by atoms with van der Waals surface area (Å²) in [7, 11) is 0. The number of aromatic nitrogens is 1. The second-order valence-corrected chi connectivity index (χ2v) is 9.91. The minimum absolute atomic E-state index is 0.0476. The van der Waals surface area contributed by atoms with Crippen LogP contribution in [0.15, 0.2) is 62.9 Å². The van der Waals surface area contributed by atoms with E-state index in [1.54, 1.807) is 11.3 Å². The molecule has 0 radical (unpaired) electrons. The Morgan fingerprint density at radius 2 is 1.73 bits per heavy atom. The molecule has 4 heteroatoms. The summed E-state index contributed by atoms with van der Waals surface area (Å²) in [6.07, 6.45) is 1.84. The van der Waals surface area contributed by atoms with Gasteiger partial charge in [-0.3, -0.25) is 4.98 Å². The lowest BCUT2D eigenvalue weighted by atomic mass is 9.85. The summed E-state index contributed by atoms with van der Waals surface area (Å²) in [6.45, 7) is 8.77. The first-order chi connectivity index (χ1) is 14.4. The number of nitrogens with zero attached hydrogens (tertiary/aromatic N) is 1. The van der Waals surface area contributed by atoms with E-state index in [0.29, 0.717) is 0 Å². The topological polar surface area (TPSA) is 39.2 Å². The van der Waals surface area contributed by atoms with Crippen LogP contribution in [0.3, 0.4) is 0 Å². The number of fused-ring (bicyclic) bond motifs is 5. The van der Waals surface area contributed by atoms with Crippen LogP contribution in [0.1, 0.15) is 32.1 Å². The minimum Gasteiger partial charge on any atom is -0.461 e. The lowest BCUT2D eigenvalue weighted by molar-refractivity contribution is 0.577. The Kier molecular flexibility index (Phi) is 3.52. The first kappa shape index (κ1) is 17.7. The van der Waals surface area contributed by atoms with E-state index in [9.17, 15) is 0 Å². The van der Waals surface area contributed by atoms with Crippen molar-refractivity contribution in [1.82, 2.24) is 4.98 Å². The Morgan fingerprint density at radius 1 is 0.867 bits per heavy atom. The predicted octanol–water partition coefficient (Wildman–Crippen LogP) is 8.21. The van der Waals surface area contributed by atoms with E-state index < -0.39 is 0 Å². The van der Waals surface area contributed by atoms with Gasteiger partial charge in [-0.1, -0.05) is 20.8 Å². The number of hydrogen-bond acceptors (Lipinski definition) is 4. The van der Waals surface area contributed by atoms with Crippen molar-refractivity contribution in [3.05, 3.63) is 65.4 Å². The second-order valence-electron chi connectivity index (χ2n) is 8.99. The maximum atomic E-state index is 6.20. The molecule has 0 bridgehead atoms. The van der Waals surface area contributed by atoms with Crippen LogP contribution in [0.5, 0.6) is 0 Å². The van der Waals surface area contributed by atoms with Crippen molar-refractivity contribution in [3.63, 3.8) is 0 Å². The van der Waals surface area contributed by atoms with Crippen molar-refractivity contribution >= 4 is 54.3 Å². The van der Waals surface area contributed by atoms with Gasteiger partial charge in [-0.05, 0) is 65.1 Å². The Bertz CT molecular complexity index is 1590. The van der Waals surface area contributed by atoms with E-state index in [0.717, 1.165) is 49.9 Å². The molecule has 0 fully saturated rings. The normalized spacial score (nSPS) is 12.7. The van der Waals surface area contributed by atoms with Crippen molar-refractivity contribution in [1.29, 1.82) is 0 Å². The number of hydrogen-bond donors (Lipinski definition) is 0. The summed E-state index contributed by atoms with van der Waals surface area (Å²) in [6, 6.07) is 14.9. The van der Waals surface area contributed by atoms with E-state index in [2.05, 4.69) is 56.5 Å². The molecule has 0 aliphatic heterocycles. The Balaban J connectivity index is 1.71. The summed E-state index contributed by atoms with van der Waals surface area (Å²) >= 11 is 1.81. The molecule has 148 valence electrons. The van der Waals surface area contributed by atoms with E-state index in [4.69, 9.17) is 13.8 Å². The zero-order valence-corrected chi connectivity index (χ0v) is 18.2. The largest absolute Gasteiger partial charge is 0.461 e. The van der Waals surface area contributed by atoms with E-state index in [1.807, 2.05) is 25.3 Å². The van der Waals surface area contributed by atoms with Gasteiger partial charge in [-0.25, -0.2) is 0 Å². The van der Waals surface area contributed by atoms with Crippen molar-refractivity contribution in [2.24, 2.45) is 0 Å². The smallest absolute Gasteiger partial charge is 0.139 e. The first-order valence-corrected chi connectivity index (χ1v) is 11.0. The second kappa shape index (κ2) is 5.96. The zero-order valence-electron chi connectivity index (χ0n) is 17.4. The first-order valence-electron chi connectivity index (χ1n) is 10.1. The molecule has 6 aromatic rings. The highest BCUT2D eigenvalue weighted by Gasteiger charge is 2.21. The van der Waals surface area contributed by atoms with Gasteiger partial charge in [0.1, 0.15) is 22.5 Å². The minimum atomic E-state index is 0.0476. The van der Waals surface area contributed by atoms with Crippen molar-refractivity contribution in [3.8, 4) is 11.3 Å². The average molecular weight is 412 g/mol. The molecule has 0 unspecified atom stereocenters. The maximum Gasteiger partial charge on any atom is 0.139 e. The van der Waals surface area contributed by atoms with Crippen LogP contribution in [-0.4, -0.2) is 4.98 Å². The van der Waals surface area contributed by atoms with Gasteiger partial charge in [-0.2, -0.15) is 0 Å². The van der Waals surface area contributed by atoms with Gasteiger partial charge in [0.15, 0.2) is 0 Å². The molecule has 0 saturated heterocycles. The molecule has 0 aliphatic carbocycles. The fraction of sp³-hybridized carbons (Fsp3) is 0.192. The molecule has 6 rings (SSSR count). The molecule has 4 heterocycles. The Hall–Kier alpha value is -3.11. The quantitative estimate of drug-likeness (QED) is 0.274. The number of pyridine rings is 1. The van der Waals surface area contributed by atoms with Gasteiger partial charge in [0.2, 0.25) is 0 Å². The van der Waals surface area contributed by atoms with Crippen LogP contribution in [0, 0.1) is 6.92 Å². The van der Waals surface area contributed by atoms with Crippen molar-refractivity contribution in [2.45, 2.75) is 33.1 Å². The molecular weight excluding hydrogens is 390 g/mol. The lowest BCUT2D eigenvalue weighted by Crippen LogP contribution is -2.11. The van der Waals surface area contributed by atoms with Crippen LogP contribution in [0.25, 0.3) is 54.3 Å². The third kappa shape index (κ3) is 2.53. The van der Waals surface area contributed by atoms with Gasteiger partial charge < -0.3 is 8.83 Å². The monoisotopic (exact) mass is 411 g/mol. The summed E-state index contributed by atoms with van der Waals surface area (Å²) < 4.78 is 13.4. The Morgan fingerprint density at radius 3 is 2.57 bits per heavy atom. The number of furan rings is 2. The number of rotatable bonds is 1. The van der Waals surface area contributed by atoms with Crippen LogP contribution in [0.4, 0.5) is 0 Å². The third-order valence-corrected chi connectivity index (χ3v) is 6.74. The van der Waals surface area contributed by atoms with Crippen molar-refractivity contribution in [2.75, 3.05) is 0 Å². The molecule has 0 N–H and O–H groups in total. The molecule has 0 atom stereocenters. The number of aryl methyl sites for hydroxylation is 1. The van der Waals surface area contributed by atoms with E-state index in [-0.39, 0.29) is 5.41 Å². The fourth-order valence-electron chi connectivity index (χ4n) is 4.38. The Labute approximate surface area is 177 Å². The average Bonchev–Trinajstić information content (AvgIpc) is 3.39. The van der Waals surface area contributed by atoms with Gasteiger partial charge in [0.05, 0.1) is 11.1 Å². The van der Waals surface area contributed by atoms with Crippen LogP contribution in [0.2, 0.25) is 0 Å². The summed E-state index contributed by atoms with van der Waals surface area (Å²) in [5, 5.41) is 6.65. The fourth-order valence-corrected chi connectivity index (χ4v) is 5.49. The number of benzene rings is 2. The molecule has 4 aromatic heterocycles. The highest BCUT2D eigenvalue weighted by Crippen LogP contribution is 2.41. The zero-order chi connectivity index (χ0) is 20.6. The molecule has 2 aromatic carbocycles. The lowest BCUT2D eigenvalue weighted by Gasteiger charge is -2.21. The van der Waals surface area contributed by atoms with E-state index in [1.165, 1.54) is 15.6 Å². The van der Waals surface area contributed by atoms with Crippen molar-refractivity contribution < 1.29 is 8.83 Å². The summed E-state index contributed by atoms with van der Waals surface area (Å²) in [5.74, 6) is 0.901. The van der Waals surface area contributed by atoms with E-state index >= 15 is 0 Å². The number of thiophene rings is 1. The predicted molar refractivity (Wildman–Crippen MR) is 126 cm³/mol. The van der Waals surface area contributed by atoms with Gasteiger partial charge in [-0.15, -0.1) is 11.3 Å². The molecular formula is C26H21NO2S.